The number of pyridine rings is 2. The van der Waals surface area contributed by atoms with Crippen LogP contribution >= 0.6 is 12.2 Å². The monoisotopic (exact) mass is 244 g/mol. The molecule has 5 heteroatoms. The summed E-state index contributed by atoms with van der Waals surface area (Å²) >= 11 is 4.97. The molecule has 2 heterocycles. The minimum atomic E-state index is 0.343. The van der Waals surface area contributed by atoms with Gasteiger partial charge in [-0.25, -0.2) is 4.98 Å². The van der Waals surface area contributed by atoms with Gasteiger partial charge in [-0.15, -0.1) is 0 Å². The van der Waals surface area contributed by atoms with Crippen molar-refractivity contribution in [3.05, 3.63) is 54.0 Å². The fourth-order valence-electron chi connectivity index (χ4n) is 1.43. The van der Waals surface area contributed by atoms with Crippen LogP contribution in [-0.2, 0) is 6.54 Å². The summed E-state index contributed by atoms with van der Waals surface area (Å²) in [6.07, 6.45) is 5.21. The van der Waals surface area contributed by atoms with Crippen LogP contribution in [0.15, 0.2) is 42.9 Å². The van der Waals surface area contributed by atoms with E-state index in [0.717, 1.165) is 11.1 Å². The molecule has 0 saturated carbocycles. The van der Waals surface area contributed by atoms with Gasteiger partial charge in [0, 0.05) is 25.1 Å². The minimum Gasteiger partial charge on any atom is -0.389 e. The van der Waals surface area contributed by atoms with Crippen LogP contribution in [0.3, 0.4) is 0 Å². The van der Waals surface area contributed by atoms with Crippen LogP contribution < -0.4 is 11.1 Å². The SMILES string of the molecule is NC(=S)c1cccnc1NCc1ccncc1. The van der Waals surface area contributed by atoms with E-state index in [9.17, 15) is 0 Å². The Kier molecular flexibility index (Phi) is 3.62. The molecule has 0 spiro atoms. The van der Waals surface area contributed by atoms with Gasteiger partial charge in [-0.1, -0.05) is 12.2 Å². The third kappa shape index (κ3) is 2.98. The molecular weight excluding hydrogens is 232 g/mol. The van der Waals surface area contributed by atoms with Gasteiger partial charge in [0.25, 0.3) is 0 Å². The van der Waals surface area contributed by atoms with Crippen molar-refractivity contribution in [1.29, 1.82) is 0 Å². The molecule has 0 amide bonds. The average Bonchev–Trinajstić information content (AvgIpc) is 2.38. The molecule has 0 saturated heterocycles. The fraction of sp³-hybridized carbons (Fsp3) is 0.0833. The van der Waals surface area contributed by atoms with E-state index in [0.29, 0.717) is 17.4 Å². The van der Waals surface area contributed by atoms with Crippen LogP contribution in [0.1, 0.15) is 11.1 Å². The van der Waals surface area contributed by atoms with E-state index in [1.54, 1.807) is 18.6 Å². The van der Waals surface area contributed by atoms with Crippen molar-refractivity contribution >= 4 is 23.0 Å². The Morgan fingerprint density at radius 3 is 2.71 bits per heavy atom. The van der Waals surface area contributed by atoms with Gasteiger partial charge in [0.1, 0.15) is 10.8 Å². The molecule has 0 aromatic carbocycles. The van der Waals surface area contributed by atoms with Gasteiger partial charge in [-0.3, -0.25) is 4.98 Å². The second-order valence-corrected chi connectivity index (χ2v) is 3.91. The van der Waals surface area contributed by atoms with Crippen LogP contribution in [0.4, 0.5) is 5.82 Å². The summed E-state index contributed by atoms with van der Waals surface area (Å²) < 4.78 is 0. The number of nitrogens with two attached hydrogens (primary N) is 1. The number of rotatable bonds is 4. The van der Waals surface area contributed by atoms with Crippen LogP contribution in [0.25, 0.3) is 0 Å². The summed E-state index contributed by atoms with van der Waals surface area (Å²) in [5.41, 5.74) is 7.51. The lowest BCUT2D eigenvalue weighted by atomic mass is 10.2. The molecular formula is C12H12N4S. The Balaban J connectivity index is 2.12. The van der Waals surface area contributed by atoms with Gasteiger partial charge in [-0.2, -0.15) is 0 Å². The first-order chi connectivity index (χ1) is 8.27. The lowest BCUT2D eigenvalue weighted by Gasteiger charge is -2.09. The highest BCUT2D eigenvalue weighted by molar-refractivity contribution is 7.80. The van der Waals surface area contributed by atoms with Gasteiger partial charge in [0.05, 0.1) is 5.56 Å². The maximum atomic E-state index is 5.62. The quantitative estimate of drug-likeness (QED) is 0.802. The van der Waals surface area contributed by atoms with Crippen LogP contribution in [-0.4, -0.2) is 15.0 Å². The third-order valence-electron chi connectivity index (χ3n) is 2.28. The molecule has 17 heavy (non-hydrogen) atoms. The number of thiocarbonyl (C=S) groups is 1. The molecule has 86 valence electrons. The molecule has 0 atom stereocenters. The maximum Gasteiger partial charge on any atom is 0.136 e. The van der Waals surface area contributed by atoms with E-state index in [-0.39, 0.29) is 0 Å². The van der Waals surface area contributed by atoms with Crippen LogP contribution in [0.5, 0.6) is 0 Å². The largest absolute Gasteiger partial charge is 0.389 e. The summed E-state index contributed by atoms with van der Waals surface area (Å²) in [4.78, 5) is 8.53. The minimum absolute atomic E-state index is 0.343. The van der Waals surface area contributed by atoms with Crippen molar-refractivity contribution < 1.29 is 0 Å². The van der Waals surface area contributed by atoms with Gasteiger partial charge in [0.15, 0.2) is 0 Å². The van der Waals surface area contributed by atoms with Crippen LogP contribution in [0, 0.1) is 0 Å². The first-order valence-corrected chi connectivity index (χ1v) is 5.56. The summed E-state index contributed by atoms with van der Waals surface area (Å²) in [7, 11) is 0. The Labute approximate surface area is 105 Å². The number of hydrogen-bond acceptors (Lipinski definition) is 4. The van der Waals surface area contributed by atoms with Gasteiger partial charge in [-0.05, 0) is 29.8 Å². The number of hydrogen-bond donors (Lipinski definition) is 2. The lowest BCUT2D eigenvalue weighted by molar-refractivity contribution is 1.09. The molecule has 0 aliphatic heterocycles. The predicted molar refractivity (Wildman–Crippen MR) is 71.7 cm³/mol. The molecule has 0 radical (unpaired) electrons. The molecule has 0 aliphatic carbocycles. The van der Waals surface area contributed by atoms with Crippen molar-refractivity contribution in [3.8, 4) is 0 Å². The Morgan fingerprint density at radius 1 is 1.24 bits per heavy atom. The van der Waals surface area contributed by atoms with E-state index in [1.807, 2.05) is 24.3 Å². The van der Waals surface area contributed by atoms with E-state index in [2.05, 4.69) is 15.3 Å². The average molecular weight is 244 g/mol. The maximum absolute atomic E-state index is 5.62. The second-order valence-electron chi connectivity index (χ2n) is 3.47. The van der Waals surface area contributed by atoms with Gasteiger partial charge in [0.2, 0.25) is 0 Å². The molecule has 2 aromatic rings. The molecule has 0 unspecified atom stereocenters. The second kappa shape index (κ2) is 5.36. The Bertz CT molecular complexity index is 513. The van der Waals surface area contributed by atoms with E-state index in [4.69, 9.17) is 18.0 Å². The van der Waals surface area contributed by atoms with Crippen molar-refractivity contribution in [2.45, 2.75) is 6.54 Å². The highest BCUT2D eigenvalue weighted by Gasteiger charge is 2.04. The molecule has 2 aromatic heterocycles. The number of anilines is 1. The third-order valence-corrected chi connectivity index (χ3v) is 2.50. The molecule has 0 fully saturated rings. The summed E-state index contributed by atoms with van der Waals surface area (Å²) in [5, 5.41) is 3.20. The fourth-order valence-corrected chi connectivity index (χ4v) is 1.60. The Morgan fingerprint density at radius 2 is 2.00 bits per heavy atom. The molecule has 3 N–H and O–H groups in total. The van der Waals surface area contributed by atoms with E-state index < -0.39 is 0 Å². The normalized spacial score (nSPS) is 9.88. The Hall–Kier alpha value is -2.01. The van der Waals surface area contributed by atoms with Crippen molar-refractivity contribution in [3.63, 3.8) is 0 Å². The zero-order valence-electron chi connectivity index (χ0n) is 9.13. The first-order valence-electron chi connectivity index (χ1n) is 5.15. The number of nitrogens with zero attached hydrogens (tertiary/aromatic N) is 2. The van der Waals surface area contributed by atoms with E-state index in [1.165, 1.54) is 0 Å². The predicted octanol–water partition coefficient (Wildman–Crippen LogP) is 1.72. The van der Waals surface area contributed by atoms with Crippen molar-refractivity contribution in [1.82, 2.24) is 9.97 Å². The zero-order valence-corrected chi connectivity index (χ0v) is 9.95. The van der Waals surface area contributed by atoms with Gasteiger partial charge >= 0.3 is 0 Å². The highest BCUT2D eigenvalue weighted by Crippen LogP contribution is 2.12. The summed E-state index contributed by atoms with van der Waals surface area (Å²) in [5.74, 6) is 0.705. The van der Waals surface area contributed by atoms with Crippen LogP contribution in [0.2, 0.25) is 0 Å². The smallest absolute Gasteiger partial charge is 0.136 e. The highest BCUT2D eigenvalue weighted by atomic mass is 32.1. The lowest BCUT2D eigenvalue weighted by Crippen LogP contribution is -2.14. The van der Waals surface area contributed by atoms with Gasteiger partial charge < -0.3 is 11.1 Å². The summed E-state index contributed by atoms with van der Waals surface area (Å²) in [6, 6.07) is 7.54. The van der Waals surface area contributed by atoms with Crippen molar-refractivity contribution in [2.75, 3.05) is 5.32 Å². The van der Waals surface area contributed by atoms with E-state index >= 15 is 0 Å². The standard InChI is InChI=1S/C12H12N4S/c13-11(17)10-2-1-5-15-12(10)16-8-9-3-6-14-7-4-9/h1-7H,8H2,(H2,13,17)(H,15,16). The van der Waals surface area contributed by atoms with Crippen molar-refractivity contribution in [2.24, 2.45) is 5.73 Å². The first kappa shape index (κ1) is 11.5. The number of aromatic nitrogens is 2. The molecule has 0 bridgehead atoms. The topological polar surface area (TPSA) is 63.8 Å². The molecule has 4 nitrogen and oxygen atoms in total. The number of nitrogens with one attached hydrogen (secondary N) is 1. The zero-order chi connectivity index (χ0) is 12.1. The molecule has 2 rings (SSSR count). The molecule has 0 aliphatic rings. The summed E-state index contributed by atoms with van der Waals surface area (Å²) in [6.45, 7) is 0.662.